The van der Waals surface area contributed by atoms with Crippen molar-refractivity contribution in [3.63, 3.8) is 0 Å². The summed E-state index contributed by atoms with van der Waals surface area (Å²) in [5.41, 5.74) is 4.52. The molecule has 0 radical (unpaired) electrons. The van der Waals surface area contributed by atoms with Crippen molar-refractivity contribution < 1.29 is 18.0 Å². The van der Waals surface area contributed by atoms with Crippen LogP contribution in [0.3, 0.4) is 0 Å². The molecule has 1 unspecified atom stereocenters. The molecular formula is C21H19F2NO2. The first-order valence-electron chi connectivity index (χ1n) is 8.77. The van der Waals surface area contributed by atoms with Crippen LogP contribution in [0.1, 0.15) is 41.6 Å². The molecule has 0 saturated carbocycles. The smallest absolute Gasteiger partial charge is 0.225 e. The maximum absolute atomic E-state index is 13.9. The van der Waals surface area contributed by atoms with Crippen molar-refractivity contribution in [2.75, 3.05) is 0 Å². The summed E-state index contributed by atoms with van der Waals surface area (Å²) in [5.74, 6) is -1.53. The van der Waals surface area contributed by atoms with E-state index in [1.54, 1.807) is 13.2 Å². The average molecular weight is 355 g/mol. The van der Waals surface area contributed by atoms with Gasteiger partial charge in [-0.05, 0) is 55.5 Å². The molecule has 1 amide bonds. The van der Waals surface area contributed by atoms with E-state index in [0.717, 1.165) is 41.9 Å². The number of benzene rings is 2. The SMILES string of the molecule is CC(NC(=O)Cc1coc2cc3c(cc12)CCC3)c1ccc(F)cc1F. The quantitative estimate of drug-likeness (QED) is 0.742. The summed E-state index contributed by atoms with van der Waals surface area (Å²) >= 11 is 0. The molecule has 1 atom stereocenters. The van der Waals surface area contributed by atoms with Crippen LogP contribution in [0.4, 0.5) is 8.78 Å². The molecule has 5 heteroatoms. The van der Waals surface area contributed by atoms with E-state index >= 15 is 0 Å². The number of aryl methyl sites for hydroxylation is 2. The number of hydrogen-bond donors (Lipinski definition) is 1. The van der Waals surface area contributed by atoms with Gasteiger partial charge < -0.3 is 9.73 Å². The zero-order chi connectivity index (χ0) is 18.3. The van der Waals surface area contributed by atoms with E-state index in [4.69, 9.17) is 4.42 Å². The number of carbonyl (C=O) groups is 1. The summed E-state index contributed by atoms with van der Waals surface area (Å²) in [6.07, 6.45) is 5.05. The van der Waals surface area contributed by atoms with Crippen LogP contribution >= 0.6 is 0 Å². The normalized spacial score (nSPS) is 14.4. The number of furan rings is 1. The van der Waals surface area contributed by atoms with Crippen LogP contribution in [-0.4, -0.2) is 5.91 Å². The van der Waals surface area contributed by atoms with Gasteiger partial charge in [-0.25, -0.2) is 8.78 Å². The van der Waals surface area contributed by atoms with E-state index in [0.29, 0.717) is 0 Å². The second-order valence-corrected chi connectivity index (χ2v) is 6.86. The van der Waals surface area contributed by atoms with E-state index in [2.05, 4.69) is 17.4 Å². The molecule has 0 bridgehead atoms. The molecule has 1 aromatic heterocycles. The maximum atomic E-state index is 13.9. The standard InChI is InChI=1S/C21H19F2NO2/c1-12(17-6-5-16(22)10-19(17)23)24-21(25)9-15-11-26-20-8-14-4-2-3-13(14)7-18(15)20/h5-8,10-12H,2-4,9H2,1H3,(H,24,25). The third kappa shape index (κ3) is 3.09. The number of rotatable bonds is 4. The van der Waals surface area contributed by atoms with Crippen LogP contribution in [0, 0.1) is 11.6 Å². The van der Waals surface area contributed by atoms with Gasteiger partial charge >= 0.3 is 0 Å². The average Bonchev–Trinajstić information content (AvgIpc) is 3.19. The van der Waals surface area contributed by atoms with Gasteiger partial charge in [-0.15, -0.1) is 0 Å². The van der Waals surface area contributed by atoms with Crippen LogP contribution in [0.5, 0.6) is 0 Å². The Hall–Kier alpha value is -2.69. The van der Waals surface area contributed by atoms with Crippen LogP contribution in [0.15, 0.2) is 41.0 Å². The van der Waals surface area contributed by atoms with Crippen molar-refractivity contribution in [3.8, 4) is 0 Å². The van der Waals surface area contributed by atoms with Crippen molar-refractivity contribution in [1.29, 1.82) is 0 Å². The predicted molar refractivity (Wildman–Crippen MR) is 94.9 cm³/mol. The van der Waals surface area contributed by atoms with Crippen molar-refractivity contribution in [1.82, 2.24) is 5.32 Å². The first-order valence-corrected chi connectivity index (χ1v) is 8.77. The highest BCUT2D eigenvalue weighted by atomic mass is 19.1. The summed E-state index contributed by atoms with van der Waals surface area (Å²) in [7, 11) is 0. The fourth-order valence-corrected chi connectivity index (χ4v) is 3.68. The Labute approximate surface area is 150 Å². The van der Waals surface area contributed by atoms with Crippen molar-refractivity contribution >= 4 is 16.9 Å². The lowest BCUT2D eigenvalue weighted by molar-refractivity contribution is -0.121. The minimum absolute atomic E-state index is 0.152. The van der Waals surface area contributed by atoms with Crippen molar-refractivity contribution in [3.05, 3.63) is 70.5 Å². The van der Waals surface area contributed by atoms with Gasteiger partial charge in [0.05, 0.1) is 18.7 Å². The molecule has 26 heavy (non-hydrogen) atoms. The van der Waals surface area contributed by atoms with Crippen molar-refractivity contribution in [2.45, 2.75) is 38.6 Å². The minimum atomic E-state index is -0.665. The van der Waals surface area contributed by atoms with E-state index < -0.39 is 17.7 Å². The van der Waals surface area contributed by atoms with Gasteiger partial charge in [-0.1, -0.05) is 6.07 Å². The van der Waals surface area contributed by atoms with Crippen LogP contribution in [0.2, 0.25) is 0 Å². The molecule has 1 aliphatic rings. The molecule has 0 saturated heterocycles. The number of amides is 1. The molecular weight excluding hydrogens is 336 g/mol. The Morgan fingerprint density at radius 1 is 1.19 bits per heavy atom. The van der Waals surface area contributed by atoms with Gasteiger partial charge in [0.15, 0.2) is 0 Å². The highest BCUT2D eigenvalue weighted by Gasteiger charge is 2.18. The highest BCUT2D eigenvalue weighted by Crippen LogP contribution is 2.30. The number of carbonyl (C=O) groups excluding carboxylic acids is 1. The number of nitrogens with one attached hydrogen (secondary N) is 1. The van der Waals surface area contributed by atoms with Gasteiger partial charge in [0, 0.05) is 22.6 Å². The molecule has 1 N–H and O–H groups in total. The second kappa shape index (κ2) is 6.56. The monoisotopic (exact) mass is 355 g/mol. The predicted octanol–water partition coefficient (Wildman–Crippen LogP) is 4.62. The topological polar surface area (TPSA) is 42.2 Å². The van der Waals surface area contributed by atoms with E-state index in [9.17, 15) is 13.6 Å². The summed E-state index contributed by atoms with van der Waals surface area (Å²) in [6, 6.07) is 6.99. The molecule has 4 rings (SSSR count). The molecule has 1 heterocycles. The Balaban J connectivity index is 1.50. The zero-order valence-electron chi connectivity index (χ0n) is 14.4. The molecule has 0 spiro atoms. The van der Waals surface area contributed by atoms with E-state index in [-0.39, 0.29) is 17.9 Å². The van der Waals surface area contributed by atoms with Crippen LogP contribution < -0.4 is 5.32 Å². The lowest BCUT2D eigenvalue weighted by Crippen LogP contribution is -2.28. The number of hydrogen-bond acceptors (Lipinski definition) is 2. The lowest BCUT2D eigenvalue weighted by atomic mass is 10.0. The highest BCUT2D eigenvalue weighted by molar-refractivity contribution is 5.88. The number of fused-ring (bicyclic) bond motifs is 2. The van der Waals surface area contributed by atoms with Crippen molar-refractivity contribution in [2.24, 2.45) is 0 Å². The molecule has 134 valence electrons. The third-order valence-electron chi connectivity index (χ3n) is 5.03. The first-order chi connectivity index (χ1) is 12.5. The minimum Gasteiger partial charge on any atom is -0.464 e. The summed E-state index contributed by atoms with van der Waals surface area (Å²) in [6.45, 7) is 1.68. The number of halogens is 2. The Bertz CT molecular complexity index is 993. The molecule has 0 fully saturated rings. The molecule has 0 aliphatic heterocycles. The molecule has 1 aliphatic carbocycles. The van der Waals surface area contributed by atoms with Gasteiger partial charge in [-0.3, -0.25) is 4.79 Å². The van der Waals surface area contributed by atoms with Gasteiger partial charge in [-0.2, -0.15) is 0 Å². The van der Waals surface area contributed by atoms with Gasteiger partial charge in [0.25, 0.3) is 0 Å². The fourth-order valence-electron chi connectivity index (χ4n) is 3.68. The second-order valence-electron chi connectivity index (χ2n) is 6.86. The van der Waals surface area contributed by atoms with Gasteiger partial charge in [0.2, 0.25) is 5.91 Å². The third-order valence-corrected chi connectivity index (χ3v) is 5.03. The Morgan fingerprint density at radius 2 is 1.96 bits per heavy atom. The summed E-state index contributed by atoms with van der Waals surface area (Å²) in [4.78, 5) is 12.4. The van der Waals surface area contributed by atoms with Crippen LogP contribution in [-0.2, 0) is 24.1 Å². The van der Waals surface area contributed by atoms with E-state index in [1.807, 2.05) is 0 Å². The summed E-state index contributed by atoms with van der Waals surface area (Å²) in [5, 5.41) is 3.73. The Morgan fingerprint density at radius 3 is 2.73 bits per heavy atom. The zero-order valence-corrected chi connectivity index (χ0v) is 14.4. The largest absolute Gasteiger partial charge is 0.464 e. The van der Waals surface area contributed by atoms with Gasteiger partial charge in [0.1, 0.15) is 17.2 Å². The van der Waals surface area contributed by atoms with Crippen LogP contribution in [0.25, 0.3) is 11.0 Å². The maximum Gasteiger partial charge on any atom is 0.225 e. The molecule has 3 nitrogen and oxygen atoms in total. The first kappa shape index (κ1) is 16.8. The summed E-state index contributed by atoms with van der Waals surface area (Å²) < 4.78 is 32.5. The fraction of sp³-hybridized carbons (Fsp3) is 0.286. The van der Waals surface area contributed by atoms with E-state index in [1.165, 1.54) is 23.3 Å². The Kier molecular flexibility index (Phi) is 4.23. The lowest BCUT2D eigenvalue weighted by Gasteiger charge is -2.15. The molecule has 2 aromatic carbocycles. The molecule has 3 aromatic rings.